The molecule has 1 aliphatic rings. The fraction of sp³-hybridized carbons (Fsp3) is 0.571. The molecule has 1 atom stereocenters. The number of hydrogen-bond acceptors (Lipinski definition) is 4. The van der Waals surface area contributed by atoms with Crippen LogP contribution in [-0.4, -0.2) is 22.7 Å². The molecule has 96 valence electrons. The average molecular weight is 245 g/mol. The Bertz CT molecular complexity index is 489. The maximum Gasteiger partial charge on any atom is 0.144 e. The molecule has 0 bridgehead atoms. The quantitative estimate of drug-likeness (QED) is 0.853. The lowest BCUT2D eigenvalue weighted by Crippen LogP contribution is -2.19. The zero-order valence-corrected chi connectivity index (χ0v) is 11.0. The van der Waals surface area contributed by atoms with Crippen molar-refractivity contribution in [2.24, 2.45) is 0 Å². The molecule has 0 aliphatic heterocycles. The predicted octanol–water partition coefficient (Wildman–Crippen LogP) is 1.93. The second-order valence-electron chi connectivity index (χ2n) is 4.93. The normalized spacial score (nSPS) is 15.7. The molecule has 2 rings (SSSR count). The second-order valence-corrected chi connectivity index (χ2v) is 4.93. The smallest absolute Gasteiger partial charge is 0.144 e. The summed E-state index contributed by atoms with van der Waals surface area (Å²) in [6.07, 6.45) is 3.86. The molecule has 1 aromatic heterocycles. The van der Waals surface area contributed by atoms with Crippen molar-refractivity contribution < 1.29 is 5.11 Å². The average Bonchev–Trinajstić information content (AvgIpc) is 2.36. The van der Waals surface area contributed by atoms with Crippen LogP contribution in [0.25, 0.3) is 0 Å². The molecular weight excluding hydrogens is 226 g/mol. The summed E-state index contributed by atoms with van der Waals surface area (Å²) in [5, 5.41) is 21.7. The molecule has 0 amide bonds. The number of aliphatic hydroxyl groups is 1. The Morgan fingerprint density at radius 1 is 1.39 bits per heavy atom. The van der Waals surface area contributed by atoms with Crippen LogP contribution in [0.15, 0.2) is 0 Å². The van der Waals surface area contributed by atoms with Gasteiger partial charge in [0.1, 0.15) is 11.9 Å². The van der Waals surface area contributed by atoms with Gasteiger partial charge < -0.3 is 10.4 Å². The van der Waals surface area contributed by atoms with Gasteiger partial charge in [0.25, 0.3) is 0 Å². The van der Waals surface area contributed by atoms with E-state index in [9.17, 15) is 10.4 Å². The van der Waals surface area contributed by atoms with Gasteiger partial charge in [0, 0.05) is 12.2 Å². The van der Waals surface area contributed by atoms with Crippen LogP contribution < -0.4 is 5.32 Å². The molecule has 18 heavy (non-hydrogen) atoms. The molecule has 0 saturated heterocycles. The summed E-state index contributed by atoms with van der Waals surface area (Å²) >= 11 is 0. The minimum atomic E-state index is -0.449. The molecule has 0 radical (unpaired) electrons. The standard InChI is InChI=1S/C14H19N3O/c1-9(18)8-16-14-13(7-15)12-6-4-3-5-11(12)10(2)17-14/h9,18H,3-6,8H2,1-2H3,(H,16,17). The SMILES string of the molecule is Cc1nc(NCC(C)O)c(C#N)c2c1CCCC2. The number of nitrogens with one attached hydrogen (secondary N) is 1. The van der Waals surface area contributed by atoms with Gasteiger partial charge in [-0.1, -0.05) is 0 Å². The number of aliphatic hydroxyl groups excluding tert-OH is 1. The first-order valence-corrected chi connectivity index (χ1v) is 6.48. The minimum absolute atomic E-state index is 0.417. The first kappa shape index (κ1) is 12.8. The van der Waals surface area contributed by atoms with Gasteiger partial charge in [-0.25, -0.2) is 4.98 Å². The van der Waals surface area contributed by atoms with E-state index in [0.29, 0.717) is 17.9 Å². The first-order chi connectivity index (χ1) is 8.63. The number of aryl methyl sites for hydroxylation is 1. The summed E-state index contributed by atoms with van der Waals surface area (Å²) in [7, 11) is 0. The van der Waals surface area contributed by atoms with Crippen LogP contribution in [0.3, 0.4) is 0 Å². The highest BCUT2D eigenvalue weighted by Gasteiger charge is 2.20. The predicted molar refractivity (Wildman–Crippen MR) is 70.5 cm³/mol. The van der Waals surface area contributed by atoms with E-state index in [1.807, 2.05) is 6.92 Å². The molecule has 1 aliphatic carbocycles. The van der Waals surface area contributed by atoms with Gasteiger partial charge in [0.05, 0.1) is 11.7 Å². The van der Waals surface area contributed by atoms with Crippen molar-refractivity contribution in [3.05, 3.63) is 22.4 Å². The van der Waals surface area contributed by atoms with Gasteiger partial charge in [-0.05, 0) is 50.7 Å². The van der Waals surface area contributed by atoms with Crippen molar-refractivity contribution in [1.82, 2.24) is 4.98 Å². The summed E-state index contributed by atoms with van der Waals surface area (Å²) in [6.45, 7) is 4.13. The van der Waals surface area contributed by atoms with E-state index in [-0.39, 0.29) is 0 Å². The van der Waals surface area contributed by atoms with Crippen molar-refractivity contribution in [2.45, 2.75) is 45.6 Å². The van der Waals surface area contributed by atoms with Crippen LogP contribution in [0.2, 0.25) is 0 Å². The van der Waals surface area contributed by atoms with E-state index in [4.69, 9.17) is 0 Å². The number of pyridine rings is 1. The Labute approximate surface area is 108 Å². The van der Waals surface area contributed by atoms with E-state index in [0.717, 1.165) is 30.5 Å². The third-order valence-corrected chi connectivity index (χ3v) is 3.40. The number of aromatic nitrogens is 1. The molecule has 0 saturated carbocycles. The highest BCUT2D eigenvalue weighted by atomic mass is 16.3. The molecule has 1 heterocycles. The minimum Gasteiger partial charge on any atom is -0.392 e. The van der Waals surface area contributed by atoms with Gasteiger partial charge in [-0.2, -0.15) is 5.26 Å². The van der Waals surface area contributed by atoms with Crippen molar-refractivity contribution in [2.75, 3.05) is 11.9 Å². The third kappa shape index (κ3) is 2.46. The lowest BCUT2D eigenvalue weighted by Gasteiger charge is -2.21. The van der Waals surface area contributed by atoms with E-state index >= 15 is 0 Å². The van der Waals surface area contributed by atoms with Gasteiger partial charge in [0.15, 0.2) is 0 Å². The Morgan fingerprint density at radius 2 is 2.06 bits per heavy atom. The number of nitriles is 1. The zero-order chi connectivity index (χ0) is 13.1. The maximum absolute atomic E-state index is 9.34. The Hall–Kier alpha value is -1.60. The highest BCUT2D eigenvalue weighted by Crippen LogP contribution is 2.29. The molecule has 4 heteroatoms. The molecule has 1 unspecified atom stereocenters. The van der Waals surface area contributed by atoms with Gasteiger partial charge >= 0.3 is 0 Å². The zero-order valence-electron chi connectivity index (χ0n) is 11.0. The van der Waals surface area contributed by atoms with Crippen LogP contribution in [0.1, 0.15) is 42.1 Å². The van der Waals surface area contributed by atoms with E-state index in [1.54, 1.807) is 6.92 Å². The molecule has 0 spiro atoms. The van der Waals surface area contributed by atoms with E-state index in [2.05, 4.69) is 16.4 Å². The molecule has 4 nitrogen and oxygen atoms in total. The second kappa shape index (κ2) is 5.36. The summed E-state index contributed by atoms with van der Waals surface area (Å²) in [5.74, 6) is 0.622. The fourth-order valence-electron chi connectivity index (χ4n) is 2.51. The van der Waals surface area contributed by atoms with E-state index in [1.165, 1.54) is 12.0 Å². The Balaban J connectivity index is 2.41. The molecule has 2 N–H and O–H groups in total. The van der Waals surface area contributed by atoms with Crippen LogP contribution >= 0.6 is 0 Å². The number of anilines is 1. The van der Waals surface area contributed by atoms with Crippen molar-refractivity contribution in [3.8, 4) is 6.07 Å². The Morgan fingerprint density at radius 3 is 2.67 bits per heavy atom. The fourth-order valence-corrected chi connectivity index (χ4v) is 2.51. The maximum atomic E-state index is 9.34. The molecule has 1 aromatic rings. The summed E-state index contributed by atoms with van der Waals surface area (Å²) in [6, 6.07) is 2.27. The molecule has 0 aromatic carbocycles. The molecule has 0 fully saturated rings. The lowest BCUT2D eigenvalue weighted by atomic mass is 9.88. The number of nitrogens with zero attached hydrogens (tertiary/aromatic N) is 2. The number of rotatable bonds is 3. The largest absolute Gasteiger partial charge is 0.392 e. The van der Waals surface area contributed by atoms with Gasteiger partial charge in [-0.15, -0.1) is 0 Å². The topological polar surface area (TPSA) is 68.9 Å². The third-order valence-electron chi connectivity index (χ3n) is 3.40. The first-order valence-electron chi connectivity index (χ1n) is 6.48. The van der Waals surface area contributed by atoms with Gasteiger partial charge in [0.2, 0.25) is 0 Å². The summed E-state index contributed by atoms with van der Waals surface area (Å²) in [5.41, 5.74) is 4.08. The highest BCUT2D eigenvalue weighted by molar-refractivity contribution is 5.60. The summed E-state index contributed by atoms with van der Waals surface area (Å²) in [4.78, 5) is 4.48. The Kier molecular flexibility index (Phi) is 3.83. The van der Waals surface area contributed by atoms with Crippen molar-refractivity contribution in [3.63, 3.8) is 0 Å². The number of fused-ring (bicyclic) bond motifs is 1. The van der Waals surface area contributed by atoms with Gasteiger partial charge in [-0.3, -0.25) is 0 Å². The van der Waals surface area contributed by atoms with Crippen LogP contribution in [0, 0.1) is 18.3 Å². The van der Waals surface area contributed by atoms with Crippen LogP contribution in [0.4, 0.5) is 5.82 Å². The number of hydrogen-bond donors (Lipinski definition) is 2. The monoisotopic (exact) mass is 245 g/mol. The lowest BCUT2D eigenvalue weighted by molar-refractivity contribution is 0.208. The van der Waals surface area contributed by atoms with E-state index < -0.39 is 6.10 Å². The van der Waals surface area contributed by atoms with Crippen molar-refractivity contribution in [1.29, 1.82) is 5.26 Å². The molecular formula is C14H19N3O. The van der Waals surface area contributed by atoms with Crippen molar-refractivity contribution >= 4 is 5.82 Å². The van der Waals surface area contributed by atoms with Crippen LogP contribution in [0.5, 0.6) is 0 Å². The van der Waals surface area contributed by atoms with Crippen LogP contribution in [-0.2, 0) is 12.8 Å². The summed E-state index contributed by atoms with van der Waals surface area (Å²) < 4.78 is 0.